The molecule has 3 fully saturated rings. The first-order chi connectivity index (χ1) is 23.5. The molecule has 2 aliphatic heterocycles. The number of aliphatic carboxylic acids is 1. The molecule has 1 aromatic rings. The van der Waals surface area contributed by atoms with Crippen LogP contribution in [0.4, 0.5) is 13.2 Å². The standard InChI is InChI=1S/C29H44N6O7S.C2HF3O2/c30-29(31)35-16-8-14-23(27(35)38)32-25(36)17-34-15-7-6-13-24(26(34)37)33-43(40,41)19-21-11-4-5-12-22(21)28(39)42-18-20-9-2-1-3-10-20;3-2(4,5)1(6)7/h4-5,11-12,20,23-24,27,33,38H,1-3,6-10,13-19H2,(H3,30,31)(H,32,36);(H,6,7)/t23-,24-,27?;/m0./s1. The molecule has 1 aromatic carbocycles. The molecule has 2 saturated heterocycles. The van der Waals surface area contributed by atoms with Gasteiger partial charge in [-0.3, -0.25) is 15.0 Å². The molecule has 0 bridgehead atoms. The predicted octanol–water partition coefficient (Wildman–Crippen LogP) is 1.65. The van der Waals surface area contributed by atoms with Gasteiger partial charge in [0.2, 0.25) is 21.8 Å². The Labute approximate surface area is 288 Å². The zero-order valence-corrected chi connectivity index (χ0v) is 28.3. The Kier molecular flexibility index (Phi) is 14.8. The fourth-order valence-corrected chi connectivity index (χ4v) is 7.52. The number of halogens is 3. The fourth-order valence-electron chi connectivity index (χ4n) is 6.12. The number of carboxylic acid groups (broad SMARTS) is 1. The summed E-state index contributed by atoms with van der Waals surface area (Å²) in [7, 11) is -4.05. The van der Waals surface area contributed by atoms with E-state index in [2.05, 4.69) is 10.0 Å². The first-order valence-electron chi connectivity index (χ1n) is 16.4. The lowest BCUT2D eigenvalue weighted by molar-refractivity contribution is -0.192. The minimum atomic E-state index is -5.08. The first-order valence-corrected chi connectivity index (χ1v) is 18.1. The van der Waals surface area contributed by atoms with Gasteiger partial charge >= 0.3 is 18.1 Å². The Hall–Kier alpha value is -3.97. The number of sulfonamides is 1. The first kappa shape index (κ1) is 40.5. The highest BCUT2D eigenvalue weighted by Crippen LogP contribution is 2.25. The van der Waals surface area contributed by atoms with Gasteiger partial charge in [-0.1, -0.05) is 37.5 Å². The minimum Gasteiger partial charge on any atom is -0.475 e. The van der Waals surface area contributed by atoms with Crippen LogP contribution in [-0.4, -0.2) is 109 Å². The molecule has 3 atom stereocenters. The molecule has 1 aliphatic carbocycles. The lowest BCUT2D eigenvalue weighted by atomic mass is 9.90. The summed E-state index contributed by atoms with van der Waals surface area (Å²) in [6.07, 6.45) is 1.79. The Morgan fingerprint density at radius 1 is 1.00 bits per heavy atom. The molecule has 4 rings (SSSR count). The summed E-state index contributed by atoms with van der Waals surface area (Å²) >= 11 is 0. The lowest BCUT2D eigenvalue weighted by Crippen LogP contribution is -2.59. The largest absolute Gasteiger partial charge is 0.490 e. The van der Waals surface area contributed by atoms with E-state index in [0.717, 1.165) is 25.7 Å². The van der Waals surface area contributed by atoms with E-state index in [9.17, 15) is 41.1 Å². The second kappa shape index (κ2) is 18.3. The van der Waals surface area contributed by atoms with Crippen molar-refractivity contribution in [1.29, 1.82) is 5.41 Å². The number of carbonyl (C=O) groups excluding carboxylic acids is 3. The number of alkyl halides is 3. The predicted molar refractivity (Wildman–Crippen MR) is 173 cm³/mol. The van der Waals surface area contributed by atoms with E-state index in [-0.39, 0.29) is 36.6 Å². The molecule has 280 valence electrons. The van der Waals surface area contributed by atoms with Crippen LogP contribution in [0.1, 0.15) is 80.1 Å². The second-order valence-corrected chi connectivity index (χ2v) is 14.3. The maximum Gasteiger partial charge on any atom is 0.490 e. The topological polar surface area (TPSA) is 233 Å². The molecule has 7 N–H and O–H groups in total. The Bertz CT molecular complexity index is 1470. The van der Waals surface area contributed by atoms with E-state index < -0.39 is 64.0 Å². The molecule has 1 unspecified atom stereocenters. The number of carboxylic acids is 1. The van der Waals surface area contributed by atoms with E-state index >= 15 is 0 Å². The van der Waals surface area contributed by atoms with Gasteiger partial charge in [0.1, 0.15) is 12.3 Å². The molecular weight excluding hydrogens is 689 g/mol. The molecule has 15 nitrogen and oxygen atoms in total. The van der Waals surface area contributed by atoms with Crippen molar-refractivity contribution in [2.45, 2.75) is 94.4 Å². The number of piperidine rings is 1. The van der Waals surface area contributed by atoms with Crippen LogP contribution in [0.5, 0.6) is 0 Å². The van der Waals surface area contributed by atoms with Crippen LogP contribution in [0.25, 0.3) is 0 Å². The number of rotatable bonds is 10. The van der Waals surface area contributed by atoms with Crippen LogP contribution < -0.4 is 15.8 Å². The van der Waals surface area contributed by atoms with Gasteiger partial charge in [0, 0.05) is 13.1 Å². The summed E-state index contributed by atoms with van der Waals surface area (Å²) in [6.45, 7) is 0.706. The summed E-state index contributed by atoms with van der Waals surface area (Å²) in [5.74, 6) is -4.79. The number of amides is 2. The summed E-state index contributed by atoms with van der Waals surface area (Å²) in [5, 5.41) is 27.9. The van der Waals surface area contributed by atoms with Gasteiger partial charge in [0.25, 0.3) is 0 Å². The Balaban J connectivity index is 0.000000872. The number of hydrogen-bond donors (Lipinski definition) is 6. The number of guanidine groups is 1. The number of benzene rings is 1. The van der Waals surface area contributed by atoms with Gasteiger partial charge in [-0.15, -0.1) is 0 Å². The molecule has 0 aromatic heterocycles. The third-order valence-corrected chi connectivity index (χ3v) is 10.0. The molecular formula is C31H45F3N6O9S. The average molecular weight is 735 g/mol. The van der Waals surface area contributed by atoms with Crippen molar-refractivity contribution in [2.24, 2.45) is 11.7 Å². The van der Waals surface area contributed by atoms with Crippen molar-refractivity contribution < 1.29 is 55.7 Å². The third kappa shape index (κ3) is 12.4. The number of nitrogens with two attached hydrogens (primary N) is 1. The van der Waals surface area contributed by atoms with Gasteiger partial charge in [-0.25, -0.2) is 22.7 Å². The van der Waals surface area contributed by atoms with Crippen LogP contribution in [-0.2, 0) is 34.9 Å². The lowest BCUT2D eigenvalue weighted by Gasteiger charge is -2.38. The molecule has 0 spiro atoms. The van der Waals surface area contributed by atoms with E-state index in [1.165, 1.54) is 16.2 Å². The van der Waals surface area contributed by atoms with Crippen molar-refractivity contribution in [2.75, 3.05) is 26.2 Å². The van der Waals surface area contributed by atoms with E-state index in [1.54, 1.807) is 24.3 Å². The van der Waals surface area contributed by atoms with E-state index in [4.69, 9.17) is 25.8 Å². The van der Waals surface area contributed by atoms with Crippen LogP contribution in [0.3, 0.4) is 0 Å². The van der Waals surface area contributed by atoms with Crippen LogP contribution in [0.15, 0.2) is 24.3 Å². The van der Waals surface area contributed by atoms with Gasteiger partial charge in [0.05, 0.1) is 30.5 Å². The minimum absolute atomic E-state index is 0.183. The third-order valence-electron chi connectivity index (χ3n) is 8.69. The van der Waals surface area contributed by atoms with Crippen LogP contribution >= 0.6 is 0 Å². The Morgan fingerprint density at radius 2 is 1.64 bits per heavy atom. The normalized spacial score (nSPS) is 22.1. The number of nitrogens with zero attached hydrogens (tertiary/aromatic N) is 2. The number of esters is 1. The average Bonchev–Trinajstić information content (AvgIpc) is 3.21. The highest BCUT2D eigenvalue weighted by Gasteiger charge is 2.38. The number of nitrogens with one attached hydrogen (secondary N) is 3. The SMILES string of the molecule is N=C(N)N1CCC[C@H](NC(=O)CN2CCCC[C@H](NS(=O)(=O)Cc3ccccc3C(=O)OCC3CCCCC3)C2=O)C1O.O=C(O)C(F)(F)F. The van der Waals surface area contributed by atoms with E-state index in [0.29, 0.717) is 44.8 Å². The maximum absolute atomic E-state index is 13.4. The van der Waals surface area contributed by atoms with Crippen molar-refractivity contribution in [3.63, 3.8) is 0 Å². The Morgan fingerprint density at radius 3 is 2.28 bits per heavy atom. The molecule has 2 amide bonds. The van der Waals surface area contributed by atoms with Gasteiger partial charge < -0.3 is 35.8 Å². The highest BCUT2D eigenvalue weighted by molar-refractivity contribution is 7.88. The summed E-state index contributed by atoms with van der Waals surface area (Å²) < 4.78 is 66.3. The highest BCUT2D eigenvalue weighted by atomic mass is 32.2. The molecule has 3 aliphatic rings. The number of likely N-dealkylation sites (tertiary alicyclic amines) is 2. The van der Waals surface area contributed by atoms with Crippen molar-refractivity contribution in [1.82, 2.24) is 19.8 Å². The second-order valence-electron chi connectivity index (χ2n) is 12.6. The molecule has 19 heteroatoms. The van der Waals surface area contributed by atoms with Crippen LogP contribution in [0.2, 0.25) is 0 Å². The number of carbonyl (C=O) groups is 4. The summed E-state index contributed by atoms with van der Waals surface area (Å²) in [6, 6.07) is 4.70. The van der Waals surface area contributed by atoms with Gasteiger partial charge in [-0.2, -0.15) is 13.2 Å². The van der Waals surface area contributed by atoms with Crippen molar-refractivity contribution >= 4 is 39.7 Å². The van der Waals surface area contributed by atoms with Gasteiger partial charge in [0.15, 0.2) is 5.96 Å². The smallest absolute Gasteiger partial charge is 0.475 e. The quantitative estimate of drug-likeness (QED) is 0.115. The zero-order chi connectivity index (χ0) is 37.1. The van der Waals surface area contributed by atoms with E-state index in [1.807, 2.05) is 0 Å². The summed E-state index contributed by atoms with van der Waals surface area (Å²) in [4.78, 5) is 50.6. The molecule has 0 radical (unpaired) electrons. The number of ether oxygens (including phenoxy) is 1. The number of aliphatic hydroxyl groups excluding tert-OH is 1. The molecule has 2 heterocycles. The van der Waals surface area contributed by atoms with Crippen molar-refractivity contribution in [3.8, 4) is 0 Å². The maximum atomic E-state index is 13.4. The summed E-state index contributed by atoms with van der Waals surface area (Å²) in [5.41, 5.74) is 5.99. The van der Waals surface area contributed by atoms with Gasteiger partial charge in [-0.05, 0) is 62.5 Å². The number of aliphatic hydroxyl groups is 1. The number of hydrogen-bond acceptors (Lipinski definition) is 9. The van der Waals surface area contributed by atoms with Crippen LogP contribution in [0, 0.1) is 11.3 Å². The molecule has 1 saturated carbocycles. The zero-order valence-electron chi connectivity index (χ0n) is 27.5. The molecule has 50 heavy (non-hydrogen) atoms. The fraction of sp³-hybridized carbons (Fsp3) is 0.645. The van der Waals surface area contributed by atoms with Crippen molar-refractivity contribution in [3.05, 3.63) is 35.4 Å². The monoisotopic (exact) mass is 734 g/mol.